The Labute approximate surface area is 104 Å². The summed E-state index contributed by atoms with van der Waals surface area (Å²) in [6.07, 6.45) is 4.32. The zero-order valence-electron chi connectivity index (χ0n) is 9.27. The van der Waals surface area contributed by atoms with Crippen molar-refractivity contribution >= 4 is 35.4 Å². The molecule has 4 nitrogen and oxygen atoms in total. The molecule has 0 aliphatic carbocycles. The Morgan fingerprint density at radius 2 is 2.38 bits per heavy atom. The number of hydrogen-bond donors (Lipinski definition) is 2. The highest BCUT2D eigenvalue weighted by molar-refractivity contribution is 8.00. The van der Waals surface area contributed by atoms with Gasteiger partial charge in [-0.15, -0.1) is 11.8 Å². The number of rotatable bonds is 6. The first-order chi connectivity index (χ1) is 7.65. The normalized spacial score (nSPS) is 21.7. The van der Waals surface area contributed by atoms with E-state index in [1.165, 1.54) is 0 Å². The second-order valence-electron chi connectivity index (χ2n) is 3.68. The molecule has 0 spiro atoms. The number of carbonyl (C=O) groups excluding carboxylic acids is 1. The van der Waals surface area contributed by atoms with Crippen molar-refractivity contribution in [2.24, 2.45) is 0 Å². The summed E-state index contributed by atoms with van der Waals surface area (Å²) < 4.78 is 0. The number of carboxylic acids is 1. The van der Waals surface area contributed by atoms with Crippen LogP contribution in [0.15, 0.2) is 0 Å². The molecule has 0 bridgehead atoms. The van der Waals surface area contributed by atoms with Crippen molar-refractivity contribution in [2.75, 3.05) is 17.8 Å². The number of carbonyl (C=O) groups is 2. The summed E-state index contributed by atoms with van der Waals surface area (Å²) in [5, 5.41) is 11.5. The Kier molecular flexibility index (Phi) is 6.05. The maximum absolute atomic E-state index is 11.7. The number of aliphatic carboxylic acids is 1. The monoisotopic (exact) mass is 263 g/mol. The maximum atomic E-state index is 11.7. The van der Waals surface area contributed by atoms with Crippen molar-refractivity contribution in [3.8, 4) is 0 Å². The SMILES string of the molecule is CSCCC(NC(=O)C1CCCS1)C(=O)O. The van der Waals surface area contributed by atoms with Gasteiger partial charge < -0.3 is 10.4 Å². The largest absolute Gasteiger partial charge is 0.480 e. The van der Waals surface area contributed by atoms with Gasteiger partial charge in [0.15, 0.2) is 0 Å². The molecule has 0 radical (unpaired) electrons. The predicted octanol–water partition coefficient (Wildman–Crippen LogP) is 1.20. The Balaban J connectivity index is 2.40. The quantitative estimate of drug-likeness (QED) is 0.754. The van der Waals surface area contributed by atoms with Crippen molar-refractivity contribution in [3.63, 3.8) is 0 Å². The topological polar surface area (TPSA) is 66.4 Å². The van der Waals surface area contributed by atoms with E-state index in [1.54, 1.807) is 23.5 Å². The Morgan fingerprint density at radius 3 is 2.88 bits per heavy atom. The van der Waals surface area contributed by atoms with E-state index < -0.39 is 12.0 Å². The summed E-state index contributed by atoms with van der Waals surface area (Å²) in [6.45, 7) is 0. The van der Waals surface area contributed by atoms with E-state index in [9.17, 15) is 9.59 Å². The van der Waals surface area contributed by atoms with E-state index in [1.807, 2.05) is 6.26 Å². The van der Waals surface area contributed by atoms with Gasteiger partial charge in [0, 0.05) is 0 Å². The van der Waals surface area contributed by atoms with Crippen LogP contribution >= 0.6 is 23.5 Å². The number of amides is 1. The average Bonchev–Trinajstić information content (AvgIpc) is 2.76. The molecule has 0 aromatic rings. The zero-order chi connectivity index (χ0) is 12.0. The zero-order valence-corrected chi connectivity index (χ0v) is 10.9. The molecule has 1 amide bonds. The minimum atomic E-state index is -0.939. The molecular weight excluding hydrogens is 246 g/mol. The van der Waals surface area contributed by atoms with Crippen molar-refractivity contribution in [1.82, 2.24) is 5.32 Å². The van der Waals surface area contributed by atoms with Gasteiger partial charge in [0.25, 0.3) is 0 Å². The standard InChI is InChI=1S/C10H17NO3S2/c1-15-6-4-7(10(13)14)11-9(12)8-3-2-5-16-8/h7-8H,2-6H2,1H3,(H,11,12)(H,13,14). The molecule has 1 saturated heterocycles. The number of nitrogens with one attached hydrogen (secondary N) is 1. The molecule has 1 heterocycles. The minimum Gasteiger partial charge on any atom is -0.480 e. The van der Waals surface area contributed by atoms with E-state index in [2.05, 4.69) is 5.32 Å². The van der Waals surface area contributed by atoms with Crippen LogP contribution in [0.2, 0.25) is 0 Å². The smallest absolute Gasteiger partial charge is 0.326 e. The minimum absolute atomic E-state index is 0.0453. The lowest BCUT2D eigenvalue weighted by molar-refractivity contribution is -0.141. The molecule has 1 aliphatic rings. The van der Waals surface area contributed by atoms with Crippen LogP contribution in [0.5, 0.6) is 0 Å². The van der Waals surface area contributed by atoms with Gasteiger partial charge in [-0.05, 0) is 37.0 Å². The van der Waals surface area contributed by atoms with Gasteiger partial charge in [-0.1, -0.05) is 0 Å². The van der Waals surface area contributed by atoms with Crippen molar-refractivity contribution < 1.29 is 14.7 Å². The Morgan fingerprint density at radius 1 is 1.62 bits per heavy atom. The van der Waals surface area contributed by atoms with Gasteiger partial charge in [-0.25, -0.2) is 4.79 Å². The van der Waals surface area contributed by atoms with E-state index in [4.69, 9.17) is 5.11 Å². The van der Waals surface area contributed by atoms with Crippen molar-refractivity contribution in [3.05, 3.63) is 0 Å². The predicted molar refractivity (Wildman–Crippen MR) is 68.0 cm³/mol. The van der Waals surface area contributed by atoms with Crippen molar-refractivity contribution in [2.45, 2.75) is 30.6 Å². The van der Waals surface area contributed by atoms with E-state index in [0.29, 0.717) is 6.42 Å². The summed E-state index contributed by atoms with van der Waals surface area (Å²) >= 11 is 3.20. The van der Waals surface area contributed by atoms with Crippen LogP contribution in [0.1, 0.15) is 19.3 Å². The Hall–Kier alpha value is -0.360. The maximum Gasteiger partial charge on any atom is 0.326 e. The van der Waals surface area contributed by atoms with E-state index in [0.717, 1.165) is 24.3 Å². The molecular formula is C10H17NO3S2. The van der Waals surface area contributed by atoms with Gasteiger partial charge in [0.1, 0.15) is 6.04 Å². The van der Waals surface area contributed by atoms with Crippen LogP contribution in [-0.2, 0) is 9.59 Å². The number of thioether (sulfide) groups is 2. The fourth-order valence-corrected chi connectivity index (χ4v) is 3.18. The van der Waals surface area contributed by atoms with E-state index >= 15 is 0 Å². The third-order valence-corrected chi connectivity index (χ3v) is 4.47. The van der Waals surface area contributed by atoms with Gasteiger partial charge in [0.2, 0.25) is 5.91 Å². The first-order valence-electron chi connectivity index (χ1n) is 5.29. The fourth-order valence-electron chi connectivity index (χ4n) is 1.54. The van der Waals surface area contributed by atoms with Crippen LogP contribution in [-0.4, -0.2) is 46.0 Å². The highest BCUT2D eigenvalue weighted by Gasteiger charge is 2.27. The first kappa shape index (κ1) is 13.7. The van der Waals surface area contributed by atoms with Gasteiger partial charge in [-0.3, -0.25) is 4.79 Å². The molecule has 2 unspecified atom stereocenters. The lowest BCUT2D eigenvalue weighted by Crippen LogP contribution is -2.44. The molecule has 1 aliphatic heterocycles. The average molecular weight is 263 g/mol. The van der Waals surface area contributed by atoms with Crippen LogP contribution < -0.4 is 5.32 Å². The summed E-state index contributed by atoms with van der Waals surface area (Å²) in [7, 11) is 0. The third kappa shape index (κ3) is 4.25. The van der Waals surface area contributed by atoms with Crippen LogP contribution in [0.25, 0.3) is 0 Å². The second-order valence-corrected chi connectivity index (χ2v) is 5.98. The highest BCUT2D eigenvalue weighted by atomic mass is 32.2. The summed E-state index contributed by atoms with van der Waals surface area (Å²) in [4.78, 5) is 22.6. The molecule has 6 heteroatoms. The molecule has 2 atom stereocenters. The van der Waals surface area contributed by atoms with Crippen LogP contribution in [0.4, 0.5) is 0 Å². The summed E-state index contributed by atoms with van der Waals surface area (Å²) in [6, 6.07) is -0.735. The molecule has 1 fully saturated rings. The number of hydrogen-bond acceptors (Lipinski definition) is 4. The van der Waals surface area contributed by atoms with Gasteiger partial charge in [-0.2, -0.15) is 11.8 Å². The highest BCUT2D eigenvalue weighted by Crippen LogP contribution is 2.26. The lowest BCUT2D eigenvalue weighted by Gasteiger charge is -2.16. The second kappa shape index (κ2) is 7.06. The third-order valence-electron chi connectivity index (χ3n) is 2.45. The fraction of sp³-hybridized carbons (Fsp3) is 0.800. The van der Waals surface area contributed by atoms with Crippen LogP contribution in [0.3, 0.4) is 0 Å². The molecule has 0 saturated carbocycles. The summed E-state index contributed by atoms with van der Waals surface area (Å²) in [5.41, 5.74) is 0. The van der Waals surface area contributed by atoms with E-state index in [-0.39, 0.29) is 11.2 Å². The Bertz CT molecular complexity index is 254. The first-order valence-corrected chi connectivity index (χ1v) is 7.73. The molecule has 0 aromatic heterocycles. The molecule has 16 heavy (non-hydrogen) atoms. The van der Waals surface area contributed by atoms with Gasteiger partial charge in [0.05, 0.1) is 5.25 Å². The number of carboxylic acid groups (broad SMARTS) is 1. The van der Waals surface area contributed by atoms with Crippen LogP contribution in [0, 0.1) is 0 Å². The molecule has 92 valence electrons. The molecule has 2 N–H and O–H groups in total. The molecule has 0 aromatic carbocycles. The van der Waals surface area contributed by atoms with Crippen molar-refractivity contribution in [1.29, 1.82) is 0 Å². The molecule has 1 rings (SSSR count). The van der Waals surface area contributed by atoms with Gasteiger partial charge >= 0.3 is 5.97 Å². The lowest BCUT2D eigenvalue weighted by atomic mass is 10.2. The summed E-state index contributed by atoms with van der Waals surface area (Å²) in [5.74, 6) is 0.691.